The molecule has 0 aromatic carbocycles. The highest BCUT2D eigenvalue weighted by Crippen LogP contribution is 2.21. The SMILES string of the molecule is O=C(NC1CC1)c1nc(C(=O)NC2CCCC2)n2ccccc12. The molecule has 0 saturated heterocycles. The number of fused-ring (bicyclic) bond motifs is 1. The summed E-state index contributed by atoms with van der Waals surface area (Å²) in [7, 11) is 0. The maximum Gasteiger partial charge on any atom is 0.287 e. The zero-order valence-electron chi connectivity index (χ0n) is 12.9. The molecule has 6 heteroatoms. The molecule has 0 radical (unpaired) electrons. The van der Waals surface area contributed by atoms with Crippen LogP contribution in [0.2, 0.25) is 0 Å². The van der Waals surface area contributed by atoms with Gasteiger partial charge in [0.15, 0.2) is 5.69 Å². The van der Waals surface area contributed by atoms with E-state index < -0.39 is 0 Å². The molecule has 23 heavy (non-hydrogen) atoms. The van der Waals surface area contributed by atoms with Crippen LogP contribution in [0.15, 0.2) is 24.4 Å². The summed E-state index contributed by atoms with van der Waals surface area (Å²) in [4.78, 5) is 29.3. The van der Waals surface area contributed by atoms with Crippen molar-refractivity contribution in [3.8, 4) is 0 Å². The third-order valence-electron chi connectivity index (χ3n) is 4.57. The fourth-order valence-electron chi connectivity index (χ4n) is 3.17. The third kappa shape index (κ3) is 2.81. The van der Waals surface area contributed by atoms with Gasteiger partial charge in [-0.25, -0.2) is 4.98 Å². The Kier molecular flexibility index (Phi) is 3.52. The first kappa shape index (κ1) is 14.2. The second-order valence-electron chi connectivity index (χ2n) is 6.44. The van der Waals surface area contributed by atoms with Gasteiger partial charge in [0.05, 0.1) is 5.52 Å². The average molecular weight is 312 g/mol. The molecule has 6 nitrogen and oxygen atoms in total. The zero-order chi connectivity index (χ0) is 15.8. The quantitative estimate of drug-likeness (QED) is 0.905. The van der Waals surface area contributed by atoms with Crippen molar-refractivity contribution >= 4 is 17.3 Å². The monoisotopic (exact) mass is 312 g/mol. The van der Waals surface area contributed by atoms with Gasteiger partial charge in [0.2, 0.25) is 5.82 Å². The van der Waals surface area contributed by atoms with Gasteiger partial charge >= 0.3 is 0 Å². The van der Waals surface area contributed by atoms with Crippen LogP contribution in [0.1, 0.15) is 59.6 Å². The normalized spacial score (nSPS) is 18.3. The Balaban J connectivity index is 1.65. The van der Waals surface area contributed by atoms with Crippen LogP contribution in [0.5, 0.6) is 0 Å². The summed E-state index contributed by atoms with van der Waals surface area (Å²) in [6.07, 6.45) is 8.16. The van der Waals surface area contributed by atoms with Crippen molar-refractivity contribution in [1.29, 1.82) is 0 Å². The number of hydrogen-bond acceptors (Lipinski definition) is 3. The van der Waals surface area contributed by atoms with E-state index in [0.29, 0.717) is 11.2 Å². The van der Waals surface area contributed by atoms with E-state index in [4.69, 9.17) is 0 Å². The third-order valence-corrected chi connectivity index (χ3v) is 4.57. The zero-order valence-corrected chi connectivity index (χ0v) is 12.9. The summed E-state index contributed by atoms with van der Waals surface area (Å²) in [5, 5.41) is 5.98. The number of carbonyl (C=O) groups is 2. The minimum atomic E-state index is -0.205. The van der Waals surface area contributed by atoms with Crippen LogP contribution >= 0.6 is 0 Å². The molecule has 120 valence electrons. The van der Waals surface area contributed by atoms with E-state index >= 15 is 0 Å². The van der Waals surface area contributed by atoms with Gasteiger partial charge in [-0.1, -0.05) is 18.9 Å². The van der Waals surface area contributed by atoms with Gasteiger partial charge < -0.3 is 10.6 Å². The van der Waals surface area contributed by atoms with E-state index in [0.717, 1.165) is 38.5 Å². The maximum atomic E-state index is 12.6. The summed E-state index contributed by atoms with van der Waals surface area (Å²) >= 11 is 0. The van der Waals surface area contributed by atoms with E-state index in [-0.39, 0.29) is 29.7 Å². The molecule has 2 fully saturated rings. The highest BCUT2D eigenvalue weighted by molar-refractivity contribution is 6.02. The first-order valence-electron chi connectivity index (χ1n) is 8.31. The van der Waals surface area contributed by atoms with Gasteiger partial charge in [-0.3, -0.25) is 14.0 Å². The number of nitrogens with zero attached hydrogens (tertiary/aromatic N) is 2. The molecule has 2 heterocycles. The number of rotatable bonds is 4. The molecule has 4 rings (SSSR count). The molecule has 0 aliphatic heterocycles. The second-order valence-corrected chi connectivity index (χ2v) is 6.44. The standard InChI is InChI=1S/C17H20N4O2/c22-16(18-12-8-9-12)14-13-7-3-4-10-21(13)15(20-14)17(23)19-11-5-1-2-6-11/h3-4,7,10-12H,1-2,5-6,8-9H2,(H,18,22)(H,19,23). The van der Waals surface area contributed by atoms with E-state index in [1.165, 1.54) is 0 Å². The van der Waals surface area contributed by atoms with Crippen molar-refractivity contribution < 1.29 is 9.59 Å². The molecule has 0 atom stereocenters. The number of aromatic nitrogens is 2. The first-order chi connectivity index (χ1) is 11.2. The lowest BCUT2D eigenvalue weighted by atomic mass is 10.2. The number of pyridine rings is 1. The molecule has 2 aromatic heterocycles. The van der Waals surface area contributed by atoms with Gasteiger partial charge in [0, 0.05) is 18.3 Å². The van der Waals surface area contributed by atoms with Crippen molar-refractivity contribution in [2.24, 2.45) is 0 Å². The molecule has 2 amide bonds. The Morgan fingerprint density at radius 1 is 1.00 bits per heavy atom. The number of carbonyl (C=O) groups excluding carboxylic acids is 2. The van der Waals surface area contributed by atoms with Crippen LogP contribution in [-0.2, 0) is 0 Å². The highest BCUT2D eigenvalue weighted by atomic mass is 16.2. The van der Waals surface area contributed by atoms with Gasteiger partial charge in [0.1, 0.15) is 0 Å². The fraction of sp³-hybridized carbons (Fsp3) is 0.471. The number of nitrogens with one attached hydrogen (secondary N) is 2. The summed E-state index contributed by atoms with van der Waals surface area (Å²) in [5.74, 6) is -0.117. The molecular formula is C17H20N4O2. The fourth-order valence-corrected chi connectivity index (χ4v) is 3.17. The minimum absolute atomic E-state index is 0.198. The number of imidazole rings is 1. The molecule has 0 unspecified atom stereocenters. The Morgan fingerprint density at radius 3 is 2.43 bits per heavy atom. The maximum absolute atomic E-state index is 12.6. The van der Waals surface area contributed by atoms with Crippen molar-refractivity contribution in [3.05, 3.63) is 35.9 Å². The summed E-state index contributed by atoms with van der Waals surface area (Å²) in [6, 6.07) is 6.00. The molecule has 0 bridgehead atoms. The predicted octanol–water partition coefficient (Wildman–Crippen LogP) is 1.90. The van der Waals surface area contributed by atoms with Crippen LogP contribution in [-0.4, -0.2) is 33.3 Å². The summed E-state index contributed by atoms with van der Waals surface area (Å²) in [5.41, 5.74) is 0.997. The smallest absolute Gasteiger partial charge is 0.287 e. The molecule has 2 aromatic rings. The lowest BCUT2D eigenvalue weighted by Gasteiger charge is -2.10. The van der Waals surface area contributed by atoms with Crippen molar-refractivity contribution in [3.63, 3.8) is 0 Å². The lowest BCUT2D eigenvalue weighted by molar-refractivity contribution is 0.0926. The molecule has 2 N–H and O–H groups in total. The largest absolute Gasteiger partial charge is 0.348 e. The number of amides is 2. The van der Waals surface area contributed by atoms with E-state index in [2.05, 4.69) is 15.6 Å². The summed E-state index contributed by atoms with van der Waals surface area (Å²) in [6.45, 7) is 0. The van der Waals surface area contributed by atoms with Crippen LogP contribution < -0.4 is 10.6 Å². The van der Waals surface area contributed by atoms with Gasteiger partial charge in [0.25, 0.3) is 11.8 Å². The van der Waals surface area contributed by atoms with Gasteiger partial charge in [-0.2, -0.15) is 0 Å². The van der Waals surface area contributed by atoms with E-state index in [9.17, 15) is 9.59 Å². The van der Waals surface area contributed by atoms with Crippen molar-refractivity contribution in [1.82, 2.24) is 20.0 Å². The molecule has 2 aliphatic carbocycles. The van der Waals surface area contributed by atoms with Crippen LogP contribution in [0.3, 0.4) is 0 Å². The minimum Gasteiger partial charge on any atom is -0.348 e. The molecule has 2 saturated carbocycles. The van der Waals surface area contributed by atoms with Crippen LogP contribution in [0.4, 0.5) is 0 Å². The van der Waals surface area contributed by atoms with Crippen molar-refractivity contribution in [2.75, 3.05) is 0 Å². The van der Waals surface area contributed by atoms with Crippen LogP contribution in [0, 0.1) is 0 Å². The molecular weight excluding hydrogens is 292 g/mol. The lowest BCUT2D eigenvalue weighted by Crippen LogP contribution is -2.34. The Morgan fingerprint density at radius 2 is 1.70 bits per heavy atom. The highest BCUT2D eigenvalue weighted by Gasteiger charge is 2.28. The Bertz CT molecular complexity index is 757. The van der Waals surface area contributed by atoms with Crippen LogP contribution in [0.25, 0.3) is 5.52 Å². The molecule has 0 spiro atoms. The Hall–Kier alpha value is -2.37. The topological polar surface area (TPSA) is 75.5 Å². The van der Waals surface area contributed by atoms with E-state index in [1.807, 2.05) is 18.2 Å². The molecule has 2 aliphatic rings. The second kappa shape index (κ2) is 5.68. The predicted molar refractivity (Wildman–Crippen MR) is 85.4 cm³/mol. The van der Waals surface area contributed by atoms with E-state index in [1.54, 1.807) is 10.6 Å². The van der Waals surface area contributed by atoms with Gasteiger partial charge in [-0.15, -0.1) is 0 Å². The van der Waals surface area contributed by atoms with Crippen molar-refractivity contribution in [2.45, 2.75) is 50.6 Å². The Labute approximate surface area is 134 Å². The average Bonchev–Trinajstić information content (AvgIpc) is 3.08. The summed E-state index contributed by atoms with van der Waals surface area (Å²) < 4.78 is 1.70. The number of hydrogen-bond donors (Lipinski definition) is 2. The first-order valence-corrected chi connectivity index (χ1v) is 8.31. The van der Waals surface area contributed by atoms with Gasteiger partial charge in [-0.05, 0) is 37.8 Å².